The summed E-state index contributed by atoms with van der Waals surface area (Å²) in [6.45, 7) is 1.16. The lowest BCUT2D eigenvalue weighted by Crippen LogP contribution is -2.42. The van der Waals surface area contributed by atoms with Crippen LogP contribution < -0.4 is 16.0 Å². The number of nitrogen functional groups attached to an aromatic ring is 1. The third-order valence-corrected chi connectivity index (χ3v) is 2.95. The molecule has 7 heteroatoms. The van der Waals surface area contributed by atoms with E-state index in [9.17, 15) is 18.8 Å². The zero-order chi connectivity index (χ0) is 17.0. The molecule has 0 radical (unpaired) electrons. The molecule has 0 atom stereocenters. The van der Waals surface area contributed by atoms with E-state index in [4.69, 9.17) is 5.73 Å². The number of benzene rings is 2. The van der Waals surface area contributed by atoms with Crippen molar-refractivity contribution in [3.63, 3.8) is 0 Å². The summed E-state index contributed by atoms with van der Waals surface area (Å²) in [7, 11) is 0. The topological polar surface area (TPSA) is 92.5 Å². The molecule has 2 aromatic rings. The lowest BCUT2D eigenvalue weighted by Gasteiger charge is -2.18. The van der Waals surface area contributed by atoms with Gasteiger partial charge in [0, 0.05) is 18.3 Å². The summed E-state index contributed by atoms with van der Waals surface area (Å²) in [6.07, 6.45) is 0. The van der Waals surface area contributed by atoms with Gasteiger partial charge in [0.2, 0.25) is 5.91 Å². The summed E-state index contributed by atoms with van der Waals surface area (Å²) < 4.78 is 13.1. The van der Waals surface area contributed by atoms with Crippen LogP contribution in [0.5, 0.6) is 0 Å². The molecule has 6 nitrogen and oxygen atoms in total. The molecule has 2 aromatic carbocycles. The molecular weight excluding hydrogens is 301 g/mol. The van der Waals surface area contributed by atoms with Crippen molar-refractivity contribution in [2.75, 3.05) is 16.0 Å². The van der Waals surface area contributed by atoms with E-state index in [0.29, 0.717) is 10.6 Å². The first-order valence-corrected chi connectivity index (χ1v) is 6.65. The summed E-state index contributed by atoms with van der Waals surface area (Å²) in [5, 5.41) is 2.25. The lowest BCUT2D eigenvalue weighted by atomic mass is 10.2. The number of anilines is 3. The molecule has 118 valence electrons. The van der Waals surface area contributed by atoms with E-state index in [-0.39, 0.29) is 11.4 Å². The van der Waals surface area contributed by atoms with E-state index in [0.717, 1.165) is 13.0 Å². The van der Waals surface area contributed by atoms with Crippen LogP contribution in [-0.4, -0.2) is 17.7 Å². The van der Waals surface area contributed by atoms with E-state index >= 15 is 0 Å². The first-order valence-electron chi connectivity index (χ1n) is 6.65. The Hall–Kier alpha value is -3.22. The van der Waals surface area contributed by atoms with Gasteiger partial charge in [-0.05, 0) is 42.5 Å². The predicted molar refractivity (Wildman–Crippen MR) is 84.1 cm³/mol. The number of nitrogens with one attached hydrogen (secondary N) is 1. The van der Waals surface area contributed by atoms with Gasteiger partial charge in [-0.25, -0.2) is 9.29 Å². The van der Waals surface area contributed by atoms with Crippen LogP contribution in [-0.2, 0) is 14.4 Å². The van der Waals surface area contributed by atoms with Crippen molar-refractivity contribution in [3.05, 3.63) is 54.3 Å². The third-order valence-electron chi connectivity index (χ3n) is 2.95. The number of nitrogens with zero attached hydrogens (tertiary/aromatic N) is 1. The van der Waals surface area contributed by atoms with Crippen LogP contribution in [0, 0.1) is 5.82 Å². The number of imide groups is 1. The monoisotopic (exact) mass is 315 g/mol. The molecule has 0 heterocycles. The van der Waals surface area contributed by atoms with Crippen molar-refractivity contribution in [1.29, 1.82) is 0 Å². The fraction of sp³-hybridized carbons (Fsp3) is 0.0625. The molecule has 0 aliphatic heterocycles. The molecule has 0 aromatic heterocycles. The zero-order valence-corrected chi connectivity index (χ0v) is 12.2. The van der Waals surface area contributed by atoms with Crippen molar-refractivity contribution >= 4 is 34.8 Å². The van der Waals surface area contributed by atoms with Gasteiger partial charge < -0.3 is 11.1 Å². The average molecular weight is 315 g/mol. The van der Waals surface area contributed by atoms with Crippen molar-refractivity contribution in [3.8, 4) is 0 Å². The van der Waals surface area contributed by atoms with E-state index in [1.54, 1.807) is 0 Å². The van der Waals surface area contributed by atoms with Gasteiger partial charge in [0.25, 0.3) is 0 Å². The highest BCUT2D eigenvalue weighted by molar-refractivity contribution is 6.48. The van der Waals surface area contributed by atoms with Gasteiger partial charge in [0.15, 0.2) is 0 Å². The molecule has 0 unspecified atom stereocenters. The summed E-state index contributed by atoms with van der Waals surface area (Å²) in [6, 6.07) is 11.0. The van der Waals surface area contributed by atoms with Crippen molar-refractivity contribution in [2.45, 2.75) is 6.92 Å². The van der Waals surface area contributed by atoms with Gasteiger partial charge in [-0.15, -0.1) is 0 Å². The van der Waals surface area contributed by atoms with E-state index < -0.39 is 23.5 Å². The van der Waals surface area contributed by atoms with Crippen molar-refractivity contribution in [2.24, 2.45) is 0 Å². The highest BCUT2D eigenvalue weighted by Gasteiger charge is 2.26. The van der Waals surface area contributed by atoms with Crippen LogP contribution in [0.1, 0.15) is 6.92 Å². The molecule has 2 rings (SSSR count). The maximum absolute atomic E-state index is 13.1. The Morgan fingerprint density at radius 3 is 2.30 bits per heavy atom. The molecule has 0 spiro atoms. The number of nitrogens with two attached hydrogens (primary N) is 1. The minimum atomic E-state index is -1.08. The average Bonchev–Trinajstić information content (AvgIpc) is 2.49. The Labute approximate surface area is 131 Å². The standard InChI is InChI=1S/C16H14FN3O3/c1-10(21)20(14-7-5-12(18)6-8-14)16(23)15(22)19-13-4-2-3-11(17)9-13/h2-9H,18H2,1H3,(H,19,22). The van der Waals surface area contributed by atoms with Gasteiger partial charge in [-0.1, -0.05) is 6.07 Å². The van der Waals surface area contributed by atoms with E-state index in [1.807, 2.05) is 0 Å². The molecule has 0 saturated heterocycles. The summed E-state index contributed by atoms with van der Waals surface area (Å²) in [4.78, 5) is 36.7. The van der Waals surface area contributed by atoms with Crippen LogP contribution in [0.15, 0.2) is 48.5 Å². The van der Waals surface area contributed by atoms with Crippen LogP contribution in [0.25, 0.3) is 0 Å². The number of hydrogen-bond acceptors (Lipinski definition) is 4. The number of halogens is 1. The Balaban J connectivity index is 2.22. The normalized spacial score (nSPS) is 10.0. The van der Waals surface area contributed by atoms with Crippen LogP contribution in [0.4, 0.5) is 21.5 Å². The van der Waals surface area contributed by atoms with Gasteiger partial charge in [-0.2, -0.15) is 0 Å². The molecule has 0 bridgehead atoms. The highest BCUT2D eigenvalue weighted by Crippen LogP contribution is 2.17. The minimum Gasteiger partial charge on any atom is -0.399 e. The molecule has 3 amide bonds. The first kappa shape index (κ1) is 16.2. The lowest BCUT2D eigenvalue weighted by molar-refractivity contribution is -0.136. The second-order valence-electron chi connectivity index (χ2n) is 4.72. The Morgan fingerprint density at radius 2 is 1.74 bits per heavy atom. The Morgan fingerprint density at radius 1 is 1.09 bits per heavy atom. The number of rotatable bonds is 2. The van der Waals surface area contributed by atoms with Crippen LogP contribution in [0.2, 0.25) is 0 Å². The van der Waals surface area contributed by atoms with Gasteiger partial charge in [0.05, 0.1) is 5.69 Å². The van der Waals surface area contributed by atoms with E-state index in [1.165, 1.54) is 42.5 Å². The maximum Gasteiger partial charge on any atom is 0.323 e. The van der Waals surface area contributed by atoms with Gasteiger partial charge >= 0.3 is 11.8 Å². The second kappa shape index (κ2) is 6.69. The van der Waals surface area contributed by atoms with Crippen molar-refractivity contribution < 1.29 is 18.8 Å². The number of carbonyl (C=O) groups is 3. The predicted octanol–water partition coefficient (Wildman–Crippen LogP) is 1.93. The van der Waals surface area contributed by atoms with Crippen LogP contribution in [0.3, 0.4) is 0 Å². The van der Waals surface area contributed by atoms with Crippen molar-refractivity contribution in [1.82, 2.24) is 0 Å². The van der Waals surface area contributed by atoms with E-state index in [2.05, 4.69) is 5.32 Å². The van der Waals surface area contributed by atoms with Gasteiger partial charge in [-0.3, -0.25) is 14.4 Å². The number of hydrogen-bond donors (Lipinski definition) is 2. The molecule has 0 aliphatic rings. The fourth-order valence-corrected chi connectivity index (χ4v) is 1.92. The highest BCUT2D eigenvalue weighted by atomic mass is 19.1. The quantitative estimate of drug-likeness (QED) is 0.654. The number of amides is 3. The Bertz CT molecular complexity index is 759. The van der Waals surface area contributed by atoms with Gasteiger partial charge in [0.1, 0.15) is 5.82 Å². The molecule has 23 heavy (non-hydrogen) atoms. The minimum absolute atomic E-state index is 0.115. The third kappa shape index (κ3) is 3.91. The largest absolute Gasteiger partial charge is 0.399 e. The fourth-order valence-electron chi connectivity index (χ4n) is 1.92. The first-order chi connectivity index (χ1) is 10.9. The summed E-state index contributed by atoms with van der Waals surface area (Å²) >= 11 is 0. The zero-order valence-electron chi connectivity index (χ0n) is 12.2. The summed E-state index contributed by atoms with van der Waals surface area (Å²) in [5.74, 6) is -3.32. The number of carbonyl (C=O) groups excluding carboxylic acids is 3. The molecule has 0 aliphatic carbocycles. The molecule has 0 fully saturated rings. The summed E-state index contributed by atoms with van der Waals surface area (Å²) in [5.41, 5.74) is 6.33. The second-order valence-corrected chi connectivity index (χ2v) is 4.72. The van der Waals surface area contributed by atoms with Crippen LogP contribution >= 0.6 is 0 Å². The molecular formula is C16H14FN3O3. The SMILES string of the molecule is CC(=O)N(C(=O)C(=O)Nc1cccc(F)c1)c1ccc(N)cc1. The smallest absolute Gasteiger partial charge is 0.323 e. The Kier molecular flexibility index (Phi) is 4.70. The maximum atomic E-state index is 13.1. The molecule has 3 N–H and O–H groups in total. The molecule has 0 saturated carbocycles.